The monoisotopic (exact) mass is 573 g/mol. The molecule has 0 radical (unpaired) electrons. The number of hydrogen-bond donors (Lipinski definition) is 3. The number of halogens is 1. The maximum atomic E-state index is 13.2. The number of hydrogen-bond acceptors (Lipinski definition) is 6. The second-order valence-corrected chi connectivity index (χ2v) is 11.2. The number of nitrogens with one attached hydrogen (secondary N) is 2. The lowest BCUT2D eigenvalue weighted by Gasteiger charge is -2.40. The molecule has 0 spiro atoms. The fourth-order valence-corrected chi connectivity index (χ4v) is 5.76. The Morgan fingerprint density at radius 1 is 0.927 bits per heavy atom. The number of benzene rings is 3. The topological polar surface area (TPSA) is 97.3 Å². The van der Waals surface area contributed by atoms with Gasteiger partial charge in [-0.05, 0) is 118 Å². The summed E-state index contributed by atoms with van der Waals surface area (Å²) in [6.45, 7) is 5.42. The van der Waals surface area contributed by atoms with Crippen molar-refractivity contribution >= 4 is 35.3 Å². The number of rotatable bonds is 8. The summed E-state index contributed by atoms with van der Waals surface area (Å²) in [5.41, 5.74) is 5.32. The van der Waals surface area contributed by atoms with Gasteiger partial charge in [0, 0.05) is 23.2 Å². The number of hydrazone groups is 1. The first-order chi connectivity index (χ1) is 19.9. The SMILES string of the molecule is O=C(Nc1ccc(Cl)cc1C(=O)NN=Cc1ccc(O)cc1)c1cccc(CN2CCC(N3CCCCC3)CC2)c1. The molecule has 2 aliphatic heterocycles. The second kappa shape index (κ2) is 13.8. The zero-order valence-corrected chi connectivity index (χ0v) is 23.8. The first kappa shape index (κ1) is 28.8. The van der Waals surface area contributed by atoms with Crippen molar-refractivity contribution in [3.63, 3.8) is 0 Å². The Hall–Kier alpha value is -3.72. The summed E-state index contributed by atoms with van der Waals surface area (Å²) in [4.78, 5) is 31.3. The van der Waals surface area contributed by atoms with Crippen LogP contribution < -0.4 is 10.7 Å². The van der Waals surface area contributed by atoms with Gasteiger partial charge in [-0.15, -0.1) is 0 Å². The molecular formula is C32H36ClN5O3. The van der Waals surface area contributed by atoms with Gasteiger partial charge in [0.2, 0.25) is 0 Å². The molecule has 3 aromatic rings. The Labute approximate surface area is 246 Å². The molecular weight excluding hydrogens is 538 g/mol. The van der Waals surface area contributed by atoms with Crippen LogP contribution in [0.25, 0.3) is 0 Å². The number of phenols is 1. The third kappa shape index (κ3) is 7.94. The maximum absolute atomic E-state index is 13.2. The molecule has 2 fully saturated rings. The molecule has 0 aromatic heterocycles. The molecule has 214 valence electrons. The minimum absolute atomic E-state index is 0.142. The average molecular weight is 574 g/mol. The molecule has 0 atom stereocenters. The molecule has 8 nitrogen and oxygen atoms in total. The van der Waals surface area contributed by atoms with Gasteiger partial charge >= 0.3 is 0 Å². The highest BCUT2D eigenvalue weighted by Gasteiger charge is 2.25. The molecule has 5 rings (SSSR count). The summed E-state index contributed by atoms with van der Waals surface area (Å²) in [7, 11) is 0. The summed E-state index contributed by atoms with van der Waals surface area (Å²) in [6, 6.07) is 19.5. The summed E-state index contributed by atoms with van der Waals surface area (Å²) < 4.78 is 0. The lowest BCUT2D eigenvalue weighted by Crippen LogP contribution is -2.46. The standard InChI is InChI=1S/C32H36ClN5O3/c33-26-9-12-30(29(20-26)32(41)36-34-21-23-7-10-28(39)11-8-23)35-31(40)25-6-4-5-24(19-25)22-37-17-13-27(14-18-37)38-15-2-1-3-16-38/h4-12,19-21,27,39H,1-3,13-18,22H2,(H,35,40)(H,36,41). The number of nitrogens with zero attached hydrogens (tertiary/aromatic N) is 3. The number of carbonyl (C=O) groups excluding carboxylic acids is 2. The molecule has 2 amide bonds. The average Bonchev–Trinajstić information content (AvgIpc) is 3.00. The molecule has 0 unspecified atom stereocenters. The predicted octanol–water partition coefficient (Wildman–Crippen LogP) is 5.51. The van der Waals surface area contributed by atoms with Gasteiger partial charge in [-0.1, -0.05) is 30.2 Å². The van der Waals surface area contributed by atoms with E-state index in [0.29, 0.717) is 27.9 Å². The van der Waals surface area contributed by atoms with E-state index < -0.39 is 5.91 Å². The summed E-state index contributed by atoms with van der Waals surface area (Å²) in [6.07, 6.45) is 7.86. The second-order valence-electron chi connectivity index (χ2n) is 10.7. The van der Waals surface area contributed by atoms with Crippen LogP contribution in [0.3, 0.4) is 0 Å². The Kier molecular flexibility index (Phi) is 9.67. The fourth-order valence-electron chi connectivity index (χ4n) is 5.59. The van der Waals surface area contributed by atoms with Gasteiger partial charge < -0.3 is 15.3 Å². The van der Waals surface area contributed by atoms with Crippen LogP contribution in [0.5, 0.6) is 5.75 Å². The van der Waals surface area contributed by atoms with Crippen molar-refractivity contribution in [3.8, 4) is 5.75 Å². The molecule has 2 aliphatic rings. The van der Waals surface area contributed by atoms with Crippen LogP contribution >= 0.6 is 11.6 Å². The molecule has 41 heavy (non-hydrogen) atoms. The van der Waals surface area contributed by atoms with Crippen LogP contribution in [-0.4, -0.2) is 65.2 Å². The highest BCUT2D eigenvalue weighted by molar-refractivity contribution is 6.31. The zero-order chi connectivity index (χ0) is 28.6. The van der Waals surface area contributed by atoms with E-state index in [0.717, 1.165) is 25.2 Å². The molecule has 0 aliphatic carbocycles. The molecule has 0 bridgehead atoms. The van der Waals surface area contributed by atoms with Gasteiger partial charge in [0.1, 0.15) is 5.75 Å². The largest absolute Gasteiger partial charge is 0.508 e. The maximum Gasteiger partial charge on any atom is 0.273 e. The number of aromatic hydroxyl groups is 1. The van der Waals surface area contributed by atoms with Gasteiger partial charge in [-0.2, -0.15) is 5.10 Å². The van der Waals surface area contributed by atoms with E-state index in [-0.39, 0.29) is 17.2 Å². The summed E-state index contributed by atoms with van der Waals surface area (Å²) in [5, 5.41) is 16.6. The molecule has 0 saturated carbocycles. The van der Waals surface area contributed by atoms with E-state index >= 15 is 0 Å². The van der Waals surface area contributed by atoms with Crippen LogP contribution in [0.15, 0.2) is 71.8 Å². The van der Waals surface area contributed by atoms with Crippen molar-refractivity contribution in [1.29, 1.82) is 0 Å². The Balaban J connectivity index is 1.19. The molecule has 2 heterocycles. The van der Waals surface area contributed by atoms with E-state index in [2.05, 4.69) is 31.7 Å². The Morgan fingerprint density at radius 2 is 1.68 bits per heavy atom. The van der Waals surface area contributed by atoms with E-state index in [4.69, 9.17) is 11.6 Å². The highest BCUT2D eigenvalue weighted by atomic mass is 35.5. The third-order valence-corrected chi connectivity index (χ3v) is 8.04. The van der Waals surface area contributed by atoms with Crippen molar-refractivity contribution in [3.05, 3.63) is 94.0 Å². The van der Waals surface area contributed by atoms with Crippen LogP contribution in [0.2, 0.25) is 5.02 Å². The van der Waals surface area contributed by atoms with Crippen molar-refractivity contribution in [2.24, 2.45) is 5.10 Å². The van der Waals surface area contributed by atoms with Gasteiger partial charge in [-0.25, -0.2) is 5.43 Å². The van der Waals surface area contributed by atoms with Crippen molar-refractivity contribution < 1.29 is 14.7 Å². The lowest BCUT2D eigenvalue weighted by atomic mass is 9.99. The number of phenolic OH excluding ortho intramolecular Hbond substituents is 1. The number of likely N-dealkylation sites (tertiary alicyclic amines) is 2. The molecule has 2 saturated heterocycles. The van der Waals surface area contributed by atoms with E-state index in [1.54, 1.807) is 30.3 Å². The summed E-state index contributed by atoms with van der Waals surface area (Å²) >= 11 is 6.16. The van der Waals surface area contributed by atoms with E-state index in [9.17, 15) is 14.7 Å². The number of amides is 2. The lowest BCUT2D eigenvalue weighted by molar-refractivity contribution is 0.0896. The number of carbonyl (C=O) groups is 2. The minimum atomic E-state index is -0.514. The fraction of sp³-hybridized carbons (Fsp3) is 0.344. The minimum Gasteiger partial charge on any atom is -0.508 e. The number of anilines is 1. The van der Waals surface area contributed by atoms with Crippen molar-refractivity contribution in [1.82, 2.24) is 15.2 Å². The van der Waals surface area contributed by atoms with Crippen molar-refractivity contribution in [2.75, 3.05) is 31.5 Å². The molecule has 9 heteroatoms. The van der Waals surface area contributed by atoms with Crippen LogP contribution in [-0.2, 0) is 6.54 Å². The normalized spacial score (nSPS) is 17.0. The highest BCUT2D eigenvalue weighted by Crippen LogP contribution is 2.24. The van der Waals surface area contributed by atoms with Crippen LogP contribution in [0.1, 0.15) is 63.9 Å². The van der Waals surface area contributed by atoms with E-state index in [1.165, 1.54) is 69.6 Å². The van der Waals surface area contributed by atoms with Crippen LogP contribution in [0.4, 0.5) is 5.69 Å². The van der Waals surface area contributed by atoms with Crippen LogP contribution in [0, 0.1) is 0 Å². The quantitative estimate of drug-likeness (QED) is 0.244. The van der Waals surface area contributed by atoms with Gasteiger partial charge in [-0.3, -0.25) is 14.5 Å². The van der Waals surface area contributed by atoms with Crippen molar-refractivity contribution in [2.45, 2.75) is 44.7 Å². The first-order valence-electron chi connectivity index (χ1n) is 14.2. The number of piperidine rings is 2. The third-order valence-electron chi connectivity index (χ3n) is 7.81. The smallest absolute Gasteiger partial charge is 0.273 e. The van der Waals surface area contributed by atoms with Gasteiger partial charge in [0.25, 0.3) is 11.8 Å². The first-order valence-corrected chi connectivity index (χ1v) is 14.6. The van der Waals surface area contributed by atoms with Gasteiger partial charge in [0.05, 0.1) is 17.5 Å². The Morgan fingerprint density at radius 3 is 2.44 bits per heavy atom. The summed E-state index contributed by atoms with van der Waals surface area (Å²) in [5.74, 6) is -0.678. The van der Waals surface area contributed by atoms with E-state index in [1.807, 2.05) is 12.1 Å². The molecule has 3 N–H and O–H groups in total. The van der Waals surface area contributed by atoms with Gasteiger partial charge in [0.15, 0.2) is 0 Å². The Bertz CT molecular complexity index is 1380. The zero-order valence-electron chi connectivity index (χ0n) is 23.1. The predicted molar refractivity (Wildman–Crippen MR) is 163 cm³/mol. The molecule has 3 aromatic carbocycles.